The van der Waals surface area contributed by atoms with E-state index in [1.165, 1.54) is 5.56 Å². The molecule has 0 unspecified atom stereocenters. The average molecular weight is 302 g/mol. The average Bonchev–Trinajstić information content (AvgIpc) is 2.49. The normalized spacial score (nSPS) is 24.4. The number of hydrogen-bond acceptors (Lipinski definition) is 3. The summed E-state index contributed by atoms with van der Waals surface area (Å²) in [6.07, 6.45) is 1.63. The number of nitrogens with zero attached hydrogens (tertiary/aromatic N) is 2. The second-order valence-corrected chi connectivity index (χ2v) is 7.17. The van der Waals surface area contributed by atoms with Crippen LogP contribution in [0.2, 0.25) is 0 Å². The number of rotatable bonds is 5. The maximum Gasteiger partial charge on any atom is 0.222 e. The van der Waals surface area contributed by atoms with Crippen LogP contribution in [0.5, 0.6) is 0 Å². The first-order chi connectivity index (χ1) is 10.6. The quantitative estimate of drug-likeness (QED) is 0.835. The Morgan fingerprint density at radius 3 is 2.68 bits per heavy atom. The molecule has 1 aromatic rings. The van der Waals surface area contributed by atoms with Gasteiger partial charge in [0.15, 0.2) is 0 Å². The Bertz CT molecular complexity index is 513. The van der Waals surface area contributed by atoms with E-state index in [0.717, 1.165) is 39.3 Å². The van der Waals surface area contributed by atoms with Crippen molar-refractivity contribution in [3.63, 3.8) is 0 Å². The van der Waals surface area contributed by atoms with E-state index in [0.29, 0.717) is 17.9 Å². The molecule has 2 aliphatic heterocycles. The zero-order chi connectivity index (χ0) is 15.6. The van der Waals surface area contributed by atoms with E-state index in [2.05, 4.69) is 31.0 Å². The van der Waals surface area contributed by atoms with Crippen LogP contribution in [0.4, 0.5) is 0 Å². The number of likely N-dealkylation sites (N-methyl/N-ethyl adjacent to an activating group) is 1. The van der Waals surface area contributed by atoms with Crippen LogP contribution in [-0.4, -0.2) is 55.1 Å². The van der Waals surface area contributed by atoms with Crippen molar-refractivity contribution in [1.82, 2.24) is 9.80 Å². The number of carbonyl (C=O) groups excluding carboxylic acids is 1. The van der Waals surface area contributed by atoms with Crippen LogP contribution >= 0.6 is 0 Å². The monoisotopic (exact) mass is 302 g/mol. The molecule has 4 nitrogen and oxygen atoms in total. The minimum absolute atomic E-state index is 0.284. The number of carbonyl (C=O) groups is 1. The lowest BCUT2D eigenvalue weighted by molar-refractivity contribution is -0.138. The van der Waals surface area contributed by atoms with Crippen molar-refractivity contribution >= 4 is 5.91 Å². The third-order valence-electron chi connectivity index (χ3n) is 4.85. The number of piperidine rings is 1. The SMILES string of the molecule is CN(CC1(C)COC1)[C@@H]1CCC(=O)N(Cc2ccccc2)C1. The van der Waals surface area contributed by atoms with Crippen LogP contribution in [0, 0.1) is 5.41 Å². The Morgan fingerprint density at radius 1 is 1.32 bits per heavy atom. The van der Waals surface area contributed by atoms with Crippen molar-refractivity contribution in [2.45, 2.75) is 32.4 Å². The van der Waals surface area contributed by atoms with E-state index in [1.807, 2.05) is 23.1 Å². The minimum Gasteiger partial charge on any atom is -0.380 e. The highest BCUT2D eigenvalue weighted by atomic mass is 16.5. The van der Waals surface area contributed by atoms with Gasteiger partial charge >= 0.3 is 0 Å². The molecule has 0 radical (unpaired) electrons. The summed E-state index contributed by atoms with van der Waals surface area (Å²) in [7, 11) is 2.19. The highest BCUT2D eigenvalue weighted by Gasteiger charge is 2.37. The lowest BCUT2D eigenvalue weighted by Crippen LogP contribution is -2.54. The van der Waals surface area contributed by atoms with Gasteiger partial charge in [-0.2, -0.15) is 0 Å². The standard InChI is InChI=1S/C18H26N2O2/c1-18(13-22-14-18)12-19(2)16-8-9-17(21)20(11-16)10-15-6-4-3-5-7-15/h3-7,16H,8-14H2,1-2H3/t16-/m1/s1. The zero-order valence-corrected chi connectivity index (χ0v) is 13.6. The fraction of sp³-hybridized carbons (Fsp3) is 0.611. The summed E-state index contributed by atoms with van der Waals surface area (Å²) >= 11 is 0. The van der Waals surface area contributed by atoms with Gasteiger partial charge in [0.2, 0.25) is 5.91 Å². The van der Waals surface area contributed by atoms with Gasteiger partial charge in [-0.15, -0.1) is 0 Å². The van der Waals surface area contributed by atoms with Crippen LogP contribution < -0.4 is 0 Å². The van der Waals surface area contributed by atoms with Gasteiger partial charge < -0.3 is 14.5 Å². The molecule has 120 valence electrons. The van der Waals surface area contributed by atoms with Gasteiger partial charge in [0.25, 0.3) is 0 Å². The topological polar surface area (TPSA) is 32.8 Å². The molecule has 1 amide bonds. The van der Waals surface area contributed by atoms with Crippen LogP contribution in [-0.2, 0) is 16.1 Å². The molecule has 0 saturated carbocycles. The van der Waals surface area contributed by atoms with Crippen LogP contribution in [0.1, 0.15) is 25.3 Å². The molecule has 22 heavy (non-hydrogen) atoms. The zero-order valence-electron chi connectivity index (χ0n) is 13.6. The second-order valence-electron chi connectivity index (χ2n) is 7.17. The van der Waals surface area contributed by atoms with E-state index in [1.54, 1.807) is 0 Å². The summed E-state index contributed by atoms with van der Waals surface area (Å²) in [6, 6.07) is 10.7. The maximum absolute atomic E-state index is 12.2. The van der Waals surface area contributed by atoms with E-state index >= 15 is 0 Å². The molecule has 4 heteroatoms. The molecule has 2 heterocycles. The second kappa shape index (κ2) is 6.39. The smallest absolute Gasteiger partial charge is 0.222 e. The number of benzene rings is 1. The molecule has 3 rings (SSSR count). The Balaban J connectivity index is 1.59. The number of amides is 1. The highest BCUT2D eigenvalue weighted by Crippen LogP contribution is 2.29. The molecule has 1 atom stereocenters. The van der Waals surface area contributed by atoms with Crippen molar-refractivity contribution in [3.8, 4) is 0 Å². The molecule has 1 aromatic carbocycles. The van der Waals surface area contributed by atoms with Gasteiger partial charge in [-0.3, -0.25) is 4.79 Å². The third kappa shape index (κ3) is 3.50. The highest BCUT2D eigenvalue weighted by molar-refractivity contribution is 5.77. The van der Waals surface area contributed by atoms with Gasteiger partial charge in [-0.1, -0.05) is 37.3 Å². The molecule has 0 aromatic heterocycles. The van der Waals surface area contributed by atoms with Gasteiger partial charge in [-0.05, 0) is 19.0 Å². The molecule has 0 N–H and O–H groups in total. The molecule has 2 saturated heterocycles. The number of ether oxygens (including phenoxy) is 1. The largest absolute Gasteiger partial charge is 0.380 e. The fourth-order valence-electron chi connectivity index (χ4n) is 3.49. The Hall–Kier alpha value is -1.39. The summed E-state index contributed by atoms with van der Waals surface area (Å²) in [6.45, 7) is 6.60. The number of hydrogen-bond donors (Lipinski definition) is 0. The fourth-order valence-corrected chi connectivity index (χ4v) is 3.49. The first-order valence-electron chi connectivity index (χ1n) is 8.15. The Kier molecular flexibility index (Phi) is 4.50. The van der Waals surface area contributed by atoms with Crippen molar-refractivity contribution in [3.05, 3.63) is 35.9 Å². The summed E-state index contributed by atoms with van der Waals surface area (Å²) < 4.78 is 5.35. The van der Waals surface area contributed by atoms with Crippen LogP contribution in [0.25, 0.3) is 0 Å². The number of likely N-dealkylation sites (tertiary alicyclic amines) is 1. The Morgan fingerprint density at radius 2 is 2.05 bits per heavy atom. The van der Waals surface area contributed by atoms with Gasteiger partial charge in [0, 0.05) is 37.5 Å². The maximum atomic E-state index is 12.2. The van der Waals surface area contributed by atoms with Crippen LogP contribution in [0.15, 0.2) is 30.3 Å². The Labute approximate surface area is 133 Å². The molecule has 0 aliphatic carbocycles. The summed E-state index contributed by atoms with van der Waals surface area (Å²) in [4.78, 5) is 16.6. The van der Waals surface area contributed by atoms with E-state index in [-0.39, 0.29) is 5.91 Å². The van der Waals surface area contributed by atoms with Gasteiger partial charge in [-0.25, -0.2) is 0 Å². The third-order valence-corrected chi connectivity index (χ3v) is 4.85. The van der Waals surface area contributed by atoms with E-state index < -0.39 is 0 Å². The van der Waals surface area contributed by atoms with Gasteiger partial charge in [0.1, 0.15) is 0 Å². The lowest BCUT2D eigenvalue weighted by Gasteiger charge is -2.45. The molecule has 0 bridgehead atoms. The van der Waals surface area contributed by atoms with Crippen molar-refractivity contribution in [2.24, 2.45) is 5.41 Å². The first kappa shape index (κ1) is 15.5. The van der Waals surface area contributed by atoms with Crippen molar-refractivity contribution in [1.29, 1.82) is 0 Å². The molecule has 2 aliphatic rings. The van der Waals surface area contributed by atoms with Crippen molar-refractivity contribution in [2.75, 3.05) is 33.4 Å². The molecule has 0 spiro atoms. The van der Waals surface area contributed by atoms with Crippen LogP contribution in [0.3, 0.4) is 0 Å². The molecule has 2 fully saturated rings. The molecular formula is C18H26N2O2. The predicted octanol–water partition coefficient (Wildman–Crippen LogP) is 2.15. The molecular weight excluding hydrogens is 276 g/mol. The lowest BCUT2D eigenvalue weighted by atomic mass is 9.87. The predicted molar refractivity (Wildman–Crippen MR) is 86.4 cm³/mol. The summed E-state index contributed by atoms with van der Waals surface area (Å²) in [5.41, 5.74) is 1.50. The van der Waals surface area contributed by atoms with Gasteiger partial charge in [0.05, 0.1) is 13.2 Å². The van der Waals surface area contributed by atoms with E-state index in [4.69, 9.17) is 4.74 Å². The van der Waals surface area contributed by atoms with Crippen molar-refractivity contribution < 1.29 is 9.53 Å². The minimum atomic E-state index is 0.284. The summed E-state index contributed by atoms with van der Waals surface area (Å²) in [5, 5.41) is 0. The summed E-state index contributed by atoms with van der Waals surface area (Å²) in [5.74, 6) is 0.284. The first-order valence-corrected chi connectivity index (χ1v) is 8.15. The van der Waals surface area contributed by atoms with E-state index in [9.17, 15) is 4.79 Å².